The van der Waals surface area contributed by atoms with Crippen LogP contribution in [-0.4, -0.2) is 34.9 Å². The molecule has 26 heavy (non-hydrogen) atoms. The third-order valence-corrected chi connectivity index (χ3v) is 4.38. The second-order valence-corrected chi connectivity index (χ2v) is 5.98. The number of rotatable bonds is 5. The van der Waals surface area contributed by atoms with Gasteiger partial charge in [0.25, 0.3) is 0 Å². The van der Waals surface area contributed by atoms with E-state index in [1.807, 2.05) is 55.5 Å². The van der Waals surface area contributed by atoms with Gasteiger partial charge in [0.2, 0.25) is 5.91 Å². The third-order valence-electron chi connectivity index (χ3n) is 4.38. The number of hydrogen-bond donors (Lipinski definition) is 0. The molecule has 132 valence electrons. The number of ether oxygens (including phenoxy) is 1. The lowest BCUT2D eigenvalue weighted by atomic mass is 10.1. The first kappa shape index (κ1) is 17.6. The van der Waals surface area contributed by atoms with Gasteiger partial charge in [-0.2, -0.15) is 0 Å². The van der Waals surface area contributed by atoms with E-state index in [1.165, 1.54) is 6.08 Å². The number of aromatic nitrogens is 2. The lowest BCUT2D eigenvalue weighted by molar-refractivity contribution is -0.126. The molecule has 1 amide bonds. The van der Waals surface area contributed by atoms with Gasteiger partial charge >= 0.3 is 0 Å². The van der Waals surface area contributed by atoms with Crippen molar-refractivity contribution in [3.05, 3.63) is 72.1 Å². The summed E-state index contributed by atoms with van der Waals surface area (Å²) in [5.41, 5.74) is 3.25. The molecule has 0 aliphatic rings. The van der Waals surface area contributed by atoms with Crippen LogP contribution in [0.4, 0.5) is 0 Å². The molecular weight excluding hydrogens is 326 g/mol. The zero-order chi connectivity index (χ0) is 18.5. The van der Waals surface area contributed by atoms with E-state index in [2.05, 4.69) is 9.97 Å². The Labute approximate surface area is 153 Å². The molecule has 5 heteroatoms. The Balaban J connectivity index is 1.76. The minimum atomic E-state index is -0.119. The molecule has 1 aromatic heterocycles. The van der Waals surface area contributed by atoms with Crippen molar-refractivity contribution in [2.45, 2.75) is 13.0 Å². The summed E-state index contributed by atoms with van der Waals surface area (Å²) >= 11 is 0. The van der Waals surface area contributed by atoms with E-state index in [0.29, 0.717) is 5.69 Å². The molecule has 3 rings (SSSR count). The fourth-order valence-electron chi connectivity index (χ4n) is 2.74. The van der Waals surface area contributed by atoms with Crippen molar-refractivity contribution in [3.63, 3.8) is 0 Å². The van der Waals surface area contributed by atoms with Crippen LogP contribution in [-0.2, 0) is 4.79 Å². The summed E-state index contributed by atoms with van der Waals surface area (Å²) in [6.07, 6.45) is 4.87. The monoisotopic (exact) mass is 347 g/mol. The molecule has 1 atom stereocenters. The summed E-state index contributed by atoms with van der Waals surface area (Å²) < 4.78 is 5.39. The van der Waals surface area contributed by atoms with Crippen molar-refractivity contribution in [2.24, 2.45) is 0 Å². The Morgan fingerprint density at radius 1 is 1.12 bits per heavy atom. The van der Waals surface area contributed by atoms with E-state index in [4.69, 9.17) is 4.74 Å². The average Bonchev–Trinajstić information content (AvgIpc) is 2.70. The highest BCUT2D eigenvalue weighted by Gasteiger charge is 2.18. The highest BCUT2D eigenvalue weighted by atomic mass is 16.5. The Morgan fingerprint density at radius 2 is 1.81 bits per heavy atom. The van der Waals surface area contributed by atoms with Gasteiger partial charge in [-0.25, -0.2) is 4.98 Å². The molecular formula is C21H21N3O2. The second-order valence-electron chi connectivity index (χ2n) is 5.98. The number of para-hydroxylation sites is 3. The molecule has 0 saturated carbocycles. The largest absolute Gasteiger partial charge is 0.496 e. The predicted molar refractivity (Wildman–Crippen MR) is 103 cm³/mol. The van der Waals surface area contributed by atoms with Crippen LogP contribution in [0.1, 0.15) is 24.2 Å². The Hall–Kier alpha value is -3.21. The highest BCUT2D eigenvalue weighted by molar-refractivity contribution is 5.92. The van der Waals surface area contributed by atoms with Crippen molar-refractivity contribution in [3.8, 4) is 5.75 Å². The minimum Gasteiger partial charge on any atom is -0.496 e. The molecule has 1 heterocycles. The summed E-state index contributed by atoms with van der Waals surface area (Å²) in [6, 6.07) is 15.2. The molecule has 0 bridgehead atoms. The second kappa shape index (κ2) is 7.78. The van der Waals surface area contributed by atoms with Crippen LogP contribution in [0, 0.1) is 0 Å². The first-order valence-electron chi connectivity index (χ1n) is 8.39. The van der Waals surface area contributed by atoms with Gasteiger partial charge in [-0.05, 0) is 31.2 Å². The number of methoxy groups -OCH3 is 1. The summed E-state index contributed by atoms with van der Waals surface area (Å²) in [6.45, 7) is 1.97. The van der Waals surface area contributed by atoms with Gasteiger partial charge in [-0.1, -0.05) is 30.3 Å². The van der Waals surface area contributed by atoms with Crippen LogP contribution in [0.25, 0.3) is 17.1 Å². The first-order chi connectivity index (χ1) is 12.6. The zero-order valence-electron chi connectivity index (χ0n) is 15.1. The third kappa shape index (κ3) is 3.72. The maximum absolute atomic E-state index is 12.5. The number of benzene rings is 2. The fraction of sp³-hybridized carbons (Fsp3) is 0.190. The number of likely N-dealkylation sites (N-methyl/N-ethyl adjacent to an activating group) is 1. The molecule has 0 fully saturated rings. The molecule has 0 spiro atoms. The minimum absolute atomic E-state index is 0.113. The summed E-state index contributed by atoms with van der Waals surface area (Å²) in [5.74, 6) is 0.655. The van der Waals surface area contributed by atoms with Gasteiger partial charge in [0.15, 0.2) is 0 Å². The van der Waals surface area contributed by atoms with Gasteiger partial charge < -0.3 is 9.64 Å². The predicted octanol–water partition coefficient (Wildman–Crippen LogP) is 3.87. The standard InChI is InChI=1S/C21H21N3O2/c1-15(17-8-4-7-11-20(17)26-3)24(2)21(25)13-12-16-14-22-18-9-5-6-10-19(18)23-16/h4-15H,1-3H3/b13-12+. The van der Waals surface area contributed by atoms with E-state index in [0.717, 1.165) is 22.3 Å². The smallest absolute Gasteiger partial charge is 0.246 e. The topological polar surface area (TPSA) is 55.3 Å². The van der Waals surface area contributed by atoms with E-state index < -0.39 is 0 Å². The van der Waals surface area contributed by atoms with Gasteiger partial charge in [0, 0.05) is 18.7 Å². The number of carbonyl (C=O) groups excluding carboxylic acids is 1. The summed E-state index contributed by atoms with van der Waals surface area (Å²) in [7, 11) is 3.40. The van der Waals surface area contributed by atoms with E-state index in [1.54, 1.807) is 31.3 Å². The van der Waals surface area contributed by atoms with Gasteiger partial charge in [-0.15, -0.1) is 0 Å². The number of hydrogen-bond acceptors (Lipinski definition) is 4. The molecule has 5 nitrogen and oxygen atoms in total. The van der Waals surface area contributed by atoms with Crippen LogP contribution < -0.4 is 4.74 Å². The maximum Gasteiger partial charge on any atom is 0.246 e. The lowest BCUT2D eigenvalue weighted by Crippen LogP contribution is -2.28. The van der Waals surface area contributed by atoms with Crippen molar-refractivity contribution < 1.29 is 9.53 Å². The van der Waals surface area contributed by atoms with E-state index in [-0.39, 0.29) is 11.9 Å². The zero-order valence-corrected chi connectivity index (χ0v) is 15.1. The molecule has 0 saturated heterocycles. The molecule has 3 aromatic rings. The summed E-state index contributed by atoms with van der Waals surface area (Å²) in [4.78, 5) is 23.1. The fourth-order valence-corrected chi connectivity index (χ4v) is 2.74. The van der Waals surface area contributed by atoms with Crippen molar-refractivity contribution in [1.82, 2.24) is 14.9 Å². The van der Waals surface area contributed by atoms with Crippen LogP contribution in [0.2, 0.25) is 0 Å². The van der Waals surface area contributed by atoms with Crippen molar-refractivity contribution in [2.75, 3.05) is 14.2 Å². The van der Waals surface area contributed by atoms with Gasteiger partial charge in [0.05, 0.1) is 36.1 Å². The van der Waals surface area contributed by atoms with Gasteiger partial charge in [-0.3, -0.25) is 9.78 Å². The van der Waals surface area contributed by atoms with E-state index >= 15 is 0 Å². The normalized spacial score (nSPS) is 12.3. The molecule has 2 aromatic carbocycles. The van der Waals surface area contributed by atoms with Crippen LogP contribution >= 0.6 is 0 Å². The highest BCUT2D eigenvalue weighted by Crippen LogP contribution is 2.28. The Bertz CT molecular complexity index is 953. The Kier molecular flexibility index (Phi) is 5.27. The van der Waals surface area contributed by atoms with Crippen LogP contribution in [0.3, 0.4) is 0 Å². The van der Waals surface area contributed by atoms with Crippen molar-refractivity contribution in [1.29, 1.82) is 0 Å². The molecule has 1 unspecified atom stereocenters. The van der Waals surface area contributed by atoms with E-state index in [9.17, 15) is 4.79 Å². The molecule has 0 aliphatic carbocycles. The number of carbonyl (C=O) groups is 1. The average molecular weight is 347 g/mol. The molecule has 0 N–H and O–H groups in total. The molecule has 0 radical (unpaired) electrons. The number of nitrogens with zero attached hydrogens (tertiary/aromatic N) is 3. The Morgan fingerprint density at radius 3 is 2.58 bits per heavy atom. The number of amides is 1. The summed E-state index contributed by atoms with van der Waals surface area (Å²) in [5, 5.41) is 0. The van der Waals surface area contributed by atoms with Gasteiger partial charge in [0.1, 0.15) is 5.75 Å². The van der Waals surface area contributed by atoms with Crippen LogP contribution in [0.15, 0.2) is 60.8 Å². The lowest BCUT2D eigenvalue weighted by Gasteiger charge is -2.25. The van der Waals surface area contributed by atoms with Crippen LogP contribution in [0.5, 0.6) is 5.75 Å². The quantitative estimate of drug-likeness (QED) is 0.658. The SMILES string of the molecule is COc1ccccc1C(C)N(C)C(=O)/C=C/c1cnc2ccccc2n1. The number of fused-ring (bicyclic) bond motifs is 1. The molecule has 0 aliphatic heterocycles. The maximum atomic E-state index is 12.5. The van der Waals surface area contributed by atoms with Crippen molar-refractivity contribution >= 4 is 23.0 Å². The first-order valence-corrected chi connectivity index (χ1v) is 8.39.